The predicted octanol–water partition coefficient (Wildman–Crippen LogP) is 2.94. The molecule has 1 unspecified atom stereocenters. The van der Waals surface area contributed by atoms with Gasteiger partial charge in [0.05, 0.1) is 5.69 Å². The van der Waals surface area contributed by atoms with Crippen LogP contribution in [-0.4, -0.2) is 31.7 Å². The molecule has 4 nitrogen and oxygen atoms in total. The van der Waals surface area contributed by atoms with Gasteiger partial charge in [0.2, 0.25) is 5.91 Å². The van der Waals surface area contributed by atoms with Crippen LogP contribution in [0.1, 0.15) is 25.7 Å². The standard InChI is InChI=1S/C15H21BrN2O2/c16-13-6-1-2-7-14(13)18-15(19)11-20-10-8-12-5-3-4-9-17-12/h1-2,6-7,12,17H,3-5,8-11H2,(H,18,19). The molecule has 1 aliphatic heterocycles. The van der Waals surface area contributed by atoms with E-state index >= 15 is 0 Å². The number of ether oxygens (including phenoxy) is 1. The third-order valence-corrected chi connectivity index (χ3v) is 4.10. The van der Waals surface area contributed by atoms with E-state index < -0.39 is 0 Å². The summed E-state index contributed by atoms with van der Waals surface area (Å²) in [6, 6.07) is 8.10. The molecule has 110 valence electrons. The van der Waals surface area contributed by atoms with Gasteiger partial charge in [0.25, 0.3) is 0 Å². The van der Waals surface area contributed by atoms with Crippen LogP contribution in [-0.2, 0) is 9.53 Å². The molecule has 0 spiro atoms. The SMILES string of the molecule is O=C(COCCC1CCCCN1)Nc1ccccc1Br. The second kappa shape index (κ2) is 8.39. The molecule has 1 aromatic carbocycles. The molecule has 1 saturated heterocycles. The quantitative estimate of drug-likeness (QED) is 0.783. The number of hydrogen-bond donors (Lipinski definition) is 2. The highest BCUT2D eigenvalue weighted by Gasteiger charge is 2.12. The summed E-state index contributed by atoms with van der Waals surface area (Å²) in [6.45, 7) is 1.84. The second-order valence-corrected chi connectivity index (χ2v) is 5.87. The highest BCUT2D eigenvalue weighted by Crippen LogP contribution is 2.20. The Hall–Kier alpha value is -0.910. The van der Waals surface area contributed by atoms with Gasteiger partial charge >= 0.3 is 0 Å². The van der Waals surface area contributed by atoms with E-state index in [0.717, 1.165) is 23.1 Å². The zero-order valence-electron chi connectivity index (χ0n) is 11.5. The zero-order valence-corrected chi connectivity index (χ0v) is 13.1. The molecule has 2 N–H and O–H groups in total. The van der Waals surface area contributed by atoms with Crippen LogP contribution in [0.3, 0.4) is 0 Å². The summed E-state index contributed by atoms with van der Waals surface area (Å²) in [6.07, 6.45) is 4.75. The van der Waals surface area contributed by atoms with E-state index in [4.69, 9.17) is 4.74 Å². The van der Waals surface area contributed by atoms with Crippen molar-refractivity contribution in [2.75, 3.05) is 25.1 Å². The van der Waals surface area contributed by atoms with E-state index in [9.17, 15) is 4.79 Å². The Morgan fingerprint density at radius 2 is 2.25 bits per heavy atom. The number of halogens is 1. The topological polar surface area (TPSA) is 50.4 Å². The van der Waals surface area contributed by atoms with Crippen LogP contribution in [0.5, 0.6) is 0 Å². The normalized spacial score (nSPS) is 18.8. The van der Waals surface area contributed by atoms with Crippen molar-refractivity contribution in [3.8, 4) is 0 Å². The van der Waals surface area contributed by atoms with Crippen LogP contribution in [0, 0.1) is 0 Å². The first-order valence-electron chi connectivity index (χ1n) is 7.11. The van der Waals surface area contributed by atoms with Crippen molar-refractivity contribution in [2.24, 2.45) is 0 Å². The summed E-state index contributed by atoms with van der Waals surface area (Å²) in [5.41, 5.74) is 0.773. The molecular weight excluding hydrogens is 320 g/mol. The summed E-state index contributed by atoms with van der Waals surface area (Å²) >= 11 is 3.39. The molecule has 0 saturated carbocycles. The smallest absolute Gasteiger partial charge is 0.250 e. The van der Waals surface area contributed by atoms with Crippen molar-refractivity contribution >= 4 is 27.5 Å². The molecule has 1 heterocycles. The van der Waals surface area contributed by atoms with Gasteiger partial charge in [-0.1, -0.05) is 18.6 Å². The van der Waals surface area contributed by atoms with Crippen LogP contribution < -0.4 is 10.6 Å². The Morgan fingerprint density at radius 3 is 3.00 bits per heavy atom. The van der Waals surface area contributed by atoms with Crippen molar-refractivity contribution in [3.05, 3.63) is 28.7 Å². The molecule has 20 heavy (non-hydrogen) atoms. The monoisotopic (exact) mass is 340 g/mol. The minimum absolute atomic E-state index is 0.105. The minimum atomic E-state index is -0.117. The number of piperidine rings is 1. The lowest BCUT2D eigenvalue weighted by Crippen LogP contribution is -2.35. The molecule has 2 rings (SSSR count). The van der Waals surface area contributed by atoms with Crippen LogP contribution >= 0.6 is 15.9 Å². The summed E-state index contributed by atoms with van der Waals surface area (Å²) in [5.74, 6) is -0.117. The lowest BCUT2D eigenvalue weighted by Gasteiger charge is -2.23. The summed E-state index contributed by atoms with van der Waals surface area (Å²) < 4.78 is 6.32. The van der Waals surface area contributed by atoms with Crippen LogP contribution in [0.15, 0.2) is 28.7 Å². The first kappa shape index (κ1) is 15.5. The van der Waals surface area contributed by atoms with Crippen molar-refractivity contribution in [2.45, 2.75) is 31.7 Å². The molecule has 1 aliphatic rings. The molecule has 1 amide bonds. The lowest BCUT2D eigenvalue weighted by molar-refractivity contribution is -0.120. The summed E-state index contributed by atoms with van der Waals surface area (Å²) in [5, 5.41) is 6.29. The molecule has 0 aliphatic carbocycles. The van der Waals surface area contributed by atoms with Crippen molar-refractivity contribution in [3.63, 3.8) is 0 Å². The van der Waals surface area contributed by atoms with E-state index in [2.05, 4.69) is 26.6 Å². The Morgan fingerprint density at radius 1 is 1.40 bits per heavy atom. The number of para-hydroxylation sites is 1. The fraction of sp³-hybridized carbons (Fsp3) is 0.533. The molecule has 0 aromatic heterocycles. The number of anilines is 1. The first-order valence-corrected chi connectivity index (χ1v) is 7.90. The van der Waals surface area contributed by atoms with Gasteiger partial charge < -0.3 is 15.4 Å². The van der Waals surface area contributed by atoms with Gasteiger partial charge in [0.1, 0.15) is 6.61 Å². The van der Waals surface area contributed by atoms with Gasteiger partial charge in [-0.2, -0.15) is 0 Å². The number of rotatable bonds is 6. The van der Waals surface area contributed by atoms with E-state index in [0.29, 0.717) is 12.6 Å². The van der Waals surface area contributed by atoms with Gasteiger partial charge in [0.15, 0.2) is 0 Å². The van der Waals surface area contributed by atoms with E-state index in [-0.39, 0.29) is 12.5 Å². The maximum Gasteiger partial charge on any atom is 0.250 e. The van der Waals surface area contributed by atoms with Gasteiger partial charge in [-0.25, -0.2) is 0 Å². The maximum atomic E-state index is 11.7. The van der Waals surface area contributed by atoms with Crippen molar-refractivity contribution in [1.29, 1.82) is 0 Å². The highest BCUT2D eigenvalue weighted by molar-refractivity contribution is 9.10. The van der Waals surface area contributed by atoms with E-state index in [1.54, 1.807) is 0 Å². The van der Waals surface area contributed by atoms with E-state index in [1.165, 1.54) is 19.3 Å². The first-order chi connectivity index (χ1) is 9.75. The molecule has 5 heteroatoms. The second-order valence-electron chi connectivity index (χ2n) is 5.02. The van der Waals surface area contributed by atoms with Crippen LogP contribution in [0.4, 0.5) is 5.69 Å². The van der Waals surface area contributed by atoms with Gasteiger partial charge in [-0.05, 0) is 53.9 Å². The Balaban J connectivity index is 1.61. The average molecular weight is 341 g/mol. The molecule has 0 bridgehead atoms. The average Bonchev–Trinajstić information content (AvgIpc) is 2.47. The zero-order chi connectivity index (χ0) is 14.2. The Bertz CT molecular complexity index is 434. The maximum absolute atomic E-state index is 11.7. The largest absolute Gasteiger partial charge is 0.372 e. The number of amides is 1. The molecule has 1 atom stereocenters. The number of benzene rings is 1. The van der Waals surface area contributed by atoms with Gasteiger partial charge in [0, 0.05) is 17.1 Å². The number of hydrogen-bond acceptors (Lipinski definition) is 3. The van der Waals surface area contributed by atoms with Crippen molar-refractivity contribution < 1.29 is 9.53 Å². The van der Waals surface area contributed by atoms with Gasteiger partial charge in [-0.3, -0.25) is 4.79 Å². The highest BCUT2D eigenvalue weighted by atomic mass is 79.9. The lowest BCUT2D eigenvalue weighted by atomic mass is 10.0. The van der Waals surface area contributed by atoms with E-state index in [1.807, 2.05) is 24.3 Å². The fourth-order valence-corrected chi connectivity index (χ4v) is 2.69. The minimum Gasteiger partial charge on any atom is -0.372 e. The Kier molecular flexibility index (Phi) is 6.50. The molecular formula is C15H21BrN2O2. The molecule has 0 radical (unpaired) electrons. The third-order valence-electron chi connectivity index (χ3n) is 3.40. The summed E-state index contributed by atoms with van der Waals surface area (Å²) in [7, 11) is 0. The Labute approximate surface area is 128 Å². The fourth-order valence-electron chi connectivity index (χ4n) is 2.31. The number of nitrogens with one attached hydrogen (secondary N) is 2. The number of carbonyl (C=O) groups is 1. The van der Waals surface area contributed by atoms with Gasteiger partial charge in [-0.15, -0.1) is 0 Å². The van der Waals surface area contributed by atoms with Crippen LogP contribution in [0.2, 0.25) is 0 Å². The third kappa shape index (κ3) is 5.23. The molecule has 1 fully saturated rings. The molecule has 1 aromatic rings. The van der Waals surface area contributed by atoms with Crippen LogP contribution in [0.25, 0.3) is 0 Å². The summed E-state index contributed by atoms with van der Waals surface area (Å²) in [4.78, 5) is 11.7. The van der Waals surface area contributed by atoms with Crippen molar-refractivity contribution in [1.82, 2.24) is 5.32 Å². The number of carbonyl (C=O) groups excluding carboxylic acids is 1. The predicted molar refractivity (Wildman–Crippen MR) is 83.8 cm³/mol.